The van der Waals surface area contributed by atoms with Gasteiger partial charge in [0.15, 0.2) is 9.03 Å². The zero-order chi connectivity index (χ0) is 8.36. The Morgan fingerprint density at radius 2 is 1.00 bits per heavy atom. The van der Waals surface area contributed by atoms with Gasteiger partial charge in [-0.2, -0.15) is 0 Å². The quantitative estimate of drug-likeness (QED) is 0.638. The first kappa shape index (κ1) is 10.6. The van der Waals surface area contributed by atoms with Crippen molar-refractivity contribution in [3.8, 4) is 0 Å². The monoisotopic (exact) mass is 172 g/mol. The average Bonchev–Trinajstić information content (AvgIpc) is 2.10. The molecule has 0 aromatic heterocycles. The maximum absolute atomic E-state index is 4.50. The fraction of sp³-hybridized carbons (Fsp3) is 0.250. The third kappa shape index (κ3) is 9.57. The summed E-state index contributed by atoms with van der Waals surface area (Å²) >= 11 is 0. The van der Waals surface area contributed by atoms with E-state index >= 15 is 0 Å². The van der Waals surface area contributed by atoms with Crippen LogP contribution in [-0.4, -0.2) is 14.2 Å². The molecule has 1 aromatic carbocycles. The van der Waals surface area contributed by atoms with Crippen LogP contribution in [-0.2, 0) is 9.05 Å². The molecule has 0 bridgehead atoms. The Kier molecular flexibility index (Phi) is 9.20. The lowest BCUT2D eigenvalue weighted by Crippen LogP contribution is -1.60. The summed E-state index contributed by atoms with van der Waals surface area (Å²) in [6.07, 6.45) is 0. The topological polar surface area (TPSA) is 18.5 Å². The van der Waals surface area contributed by atoms with E-state index in [0.29, 0.717) is 0 Å². The van der Waals surface area contributed by atoms with E-state index in [9.17, 15) is 0 Å². The van der Waals surface area contributed by atoms with Crippen molar-refractivity contribution in [2.45, 2.75) is 0 Å². The van der Waals surface area contributed by atoms with Crippen LogP contribution >= 0.6 is 9.03 Å². The van der Waals surface area contributed by atoms with Crippen molar-refractivity contribution in [3.63, 3.8) is 0 Å². The predicted molar refractivity (Wildman–Crippen MR) is 48.8 cm³/mol. The van der Waals surface area contributed by atoms with Gasteiger partial charge in [0.1, 0.15) is 0 Å². The van der Waals surface area contributed by atoms with Crippen LogP contribution in [0.5, 0.6) is 0 Å². The van der Waals surface area contributed by atoms with E-state index in [1.165, 1.54) is 0 Å². The summed E-state index contributed by atoms with van der Waals surface area (Å²) < 4.78 is 8.99. The highest BCUT2D eigenvalue weighted by molar-refractivity contribution is 7.26. The Bertz CT molecular complexity index is 115. The number of hydrogen-bond acceptors (Lipinski definition) is 2. The molecule has 0 fully saturated rings. The van der Waals surface area contributed by atoms with Gasteiger partial charge in [-0.25, -0.2) is 0 Å². The Labute approximate surface area is 69.5 Å². The standard InChI is InChI=1S/C6H6.C2H7O2P/c1-2-4-6-5-3-1;1-3-5-4-2/h1-6H;5H,1-2H3. The third-order valence-corrected chi connectivity index (χ3v) is 1.17. The Morgan fingerprint density at radius 3 is 1.09 bits per heavy atom. The Balaban J connectivity index is 0.000000187. The highest BCUT2D eigenvalue weighted by Crippen LogP contribution is 2.05. The SMILES string of the molecule is COPOC.c1ccccc1. The molecule has 0 saturated carbocycles. The number of benzene rings is 1. The molecular weight excluding hydrogens is 159 g/mol. The minimum Gasteiger partial charge on any atom is -0.340 e. The Hall–Kier alpha value is -0.430. The lowest BCUT2D eigenvalue weighted by atomic mass is 10.4. The zero-order valence-corrected chi connectivity index (χ0v) is 7.78. The van der Waals surface area contributed by atoms with Gasteiger partial charge in [-0.05, 0) is 0 Å². The van der Waals surface area contributed by atoms with Crippen molar-refractivity contribution in [1.29, 1.82) is 0 Å². The summed E-state index contributed by atoms with van der Waals surface area (Å²) in [5.74, 6) is 0. The molecule has 0 radical (unpaired) electrons. The highest BCUT2D eigenvalue weighted by Gasteiger charge is 1.64. The summed E-state index contributed by atoms with van der Waals surface area (Å²) in [5.41, 5.74) is 0. The lowest BCUT2D eigenvalue weighted by molar-refractivity contribution is 0.362. The average molecular weight is 172 g/mol. The van der Waals surface area contributed by atoms with Gasteiger partial charge in [-0.1, -0.05) is 36.4 Å². The molecule has 11 heavy (non-hydrogen) atoms. The fourth-order valence-corrected chi connectivity index (χ4v) is 0.635. The Morgan fingerprint density at radius 1 is 0.727 bits per heavy atom. The van der Waals surface area contributed by atoms with Crippen LogP contribution in [0.25, 0.3) is 0 Å². The molecule has 3 heteroatoms. The van der Waals surface area contributed by atoms with Gasteiger partial charge >= 0.3 is 0 Å². The lowest BCUT2D eigenvalue weighted by Gasteiger charge is -1.86. The van der Waals surface area contributed by atoms with Crippen molar-refractivity contribution in [2.75, 3.05) is 14.2 Å². The molecule has 0 aliphatic carbocycles. The summed E-state index contributed by atoms with van der Waals surface area (Å²) in [5, 5.41) is 0. The van der Waals surface area contributed by atoms with Crippen molar-refractivity contribution in [3.05, 3.63) is 36.4 Å². The van der Waals surface area contributed by atoms with Crippen LogP contribution < -0.4 is 0 Å². The predicted octanol–water partition coefficient (Wildman–Crippen LogP) is 2.47. The second-order valence-corrected chi connectivity index (χ2v) is 2.63. The van der Waals surface area contributed by atoms with E-state index < -0.39 is 0 Å². The van der Waals surface area contributed by atoms with Crippen molar-refractivity contribution < 1.29 is 9.05 Å². The number of hydrogen-bond donors (Lipinski definition) is 0. The van der Waals surface area contributed by atoms with Crippen molar-refractivity contribution >= 4 is 9.03 Å². The van der Waals surface area contributed by atoms with Gasteiger partial charge in [-0.3, -0.25) is 0 Å². The molecule has 0 spiro atoms. The first-order valence-electron chi connectivity index (χ1n) is 3.22. The van der Waals surface area contributed by atoms with Gasteiger partial charge in [0.05, 0.1) is 0 Å². The van der Waals surface area contributed by atoms with Gasteiger partial charge in [0.2, 0.25) is 0 Å². The fourth-order valence-electron chi connectivity index (χ4n) is 0.468. The molecule has 0 atom stereocenters. The molecule has 0 heterocycles. The van der Waals surface area contributed by atoms with Crippen LogP contribution in [0.4, 0.5) is 0 Å². The van der Waals surface area contributed by atoms with Crippen LogP contribution in [0.1, 0.15) is 0 Å². The zero-order valence-electron chi connectivity index (χ0n) is 6.78. The molecule has 0 N–H and O–H groups in total. The highest BCUT2D eigenvalue weighted by atomic mass is 31.1. The summed E-state index contributed by atoms with van der Waals surface area (Å²) in [4.78, 5) is 0. The molecule has 0 saturated heterocycles. The van der Waals surface area contributed by atoms with Crippen LogP contribution in [0, 0.1) is 0 Å². The molecule has 1 rings (SSSR count). The summed E-state index contributed by atoms with van der Waals surface area (Å²) in [6.45, 7) is 0. The van der Waals surface area contributed by atoms with Crippen molar-refractivity contribution in [2.24, 2.45) is 0 Å². The van der Waals surface area contributed by atoms with E-state index in [0.717, 1.165) is 0 Å². The maximum atomic E-state index is 4.50. The van der Waals surface area contributed by atoms with E-state index in [-0.39, 0.29) is 9.03 Å². The molecule has 0 unspecified atom stereocenters. The van der Waals surface area contributed by atoms with E-state index in [4.69, 9.17) is 0 Å². The van der Waals surface area contributed by atoms with Gasteiger partial charge in [-0.15, -0.1) is 0 Å². The summed E-state index contributed by atoms with van der Waals surface area (Å²) in [6, 6.07) is 12.0. The molecule has 2 nitrogen and oxygen atoms in total. The smallest absolute Gasteiger partial charge is 0.154 e. The second kappa shape index (κ2) is 9.57. The molecule has 0 amide bonds. The van der Waals surface area contributed by atoms with E-state index in [1.807, 2.05) is 36.4 Å². The van der Waals surface area contributed by atoms with Gasteiger partial charge in [0.25, 0.3) is 0 Å². The van der Waals surface area contributed by atoms with Crippen LogP contribution in [0.2, 0.25) is 0 Å². The van der Waals surface area contributed by atoms with Crippen LogP contribution in [0.3, 0.4) is 0 Å². The minimum absolute atomic E-state index is 0.198. The third-order valence-electron chi connectivity index (χ3n) is 0.833. The molecule has 62 valence electrons. The van der Waals surface area contributed by atoms with Crippen LogP contribution in [0.15, 0.2) is 36.4 Å². The maximum Gasteiger partial charge on any atom is 0.154 e. The molecule has 0 aliphatic heterocycles. The van der Waals surface area contributed by atoms with Crippen molar-refractivity contribution in [1.82, 2.24) is 0 Å². The second-order valence-electron chi connectivity index (χ2n) is 1.65. The van der Waals surface area contributed by atoms with Gasteiger partial charge < -0.3 is 9.05 Å². The molecule has 1 aromatic rings. The minimum atomic E-state index is 0.198. The first-order chi connectivity index (χ1) is 5.41. The molecule has 0 aliphatic rings. The first-order valence-corrected chi connectivity index (χ1v) is 4.04. The van der Waals surface area contributed by atoms with E-state index in [1.54, 1.807) is 14.2 Å². The summed E-state index contributed by atoms with van der Waals surface area (Å²) in [7, 11) is 3.40. The number of rotatable bonds is 2. The normalized spacial score (nSPS) is 8.18. The van der Waals surface area contributed by atoms with E-state index in [2.05, 4.69) is 9.05 Å². The van der Waals surface area contributed by atoms with Gasteiger partial charge in [0, 0.05) is 14.2 Å². The molecular formula is C8H13O2P. The largest absolute Gasteiger partial charge is 0.340 e.